The Bertz CT molecular complexity index is 1310. The Morgan fingerprint density at radius 3 is 2.53 bits per heavy atom. The third-order valence-corrected chi connectivity index (χ3v) is 6.36. The first-order chi connectivity index (χ1) is 16.6. The van der Waals surface area contributed by atoms with Crippen LogP contribution in [0.4, 0.5) is 5.69 Å². The van der Waals surface area contributed by atoms with Crippen molar-refractivity contribution in [1.29, 1.82) is 0 Å². The number of nitrogens with zero attached hydrogens (tertiary/aromatic N) is 2. The molecule has 0 amide bonds. The fourth-order valence-electron chi connectivity index (χ4n) is 4.17. The van der Waals surface area contributed by atoms with Gasteiger partial charge in [0.1, 0.15) is 29.1 Å². The van der Waals surface area contributed by atoms with Gasteiger partial charge in [-0.2, -0.15) is 0 Å². The number of ether oxygens (including phenoxy) is 2. The van der Waals surface area contributed by atoms with Crippen molar-refractivity contribution in [3.8, 4) is 22.8 Å². The molecule has 6 nitrogen and oxygen atoms in total. The second-order valence-electron chi connectivity index (χ2n) is 7.74. The van der Waals surface area contributed by atoms with Gasteiger partial charge in [0.25, 0.3) is 0 Å². The van der Waals surface area contributed by atoms with Gasteiger partial charge in [-0.1, -0.05) is 17.7 Å². The fourth-order valence-corrected chi connectivity index (χ4v) is 4.63. The molecule has 2 aromatic carbocycles. The lowest BCUT2D eigenvalue weighted by Crippen LogP contribution is -2.29. The Labute approximate surface area is 208 Å². The molecule has 172 valence electrons. The Balaban J connectivity index is 1.62. The molecule has 8 heteroatoms. The van der Waals surface area contributed by atoms with Gasteiger partial charge in [0, 0.05) is 22.8 Å². The smallest absolute Gasteiger partial charge is 0.174 e. The average molecular weight is 492 g/mol. The molecule has 1 fully saturated rings. The van der Waals surface area contributed by atoms with E-state index in [-0.39, 0.29) is 12.1 Å². The van der Waals surface area contributed by atoms with Crippen molar-refractivity contribution in [2.75, 3.05) is 19.1 Å². The molecular weight excluding hydrogens is 470 g/mol. The van der Waals surface area contributed by atoms with Crippen molar-refractivity contribution in [2.45, 2.75) is 12.1 Å². The predicted octanol–water partition coefficient (Wildman–Crippen LogP) is 6.19. The number of halogens is 1. The summed E-state index contributed by atoms with van der Waals surface area (Å²) in [5.74, 6) is 2.82. The van der Waals surface area contributed by atoms with Gasteiger partial charge in [-0.3, -0.25) is 4.98 Å². The highest BCUT2D eigenvalue weighted by molar-refractivity contribution is 7.80. The lowest BCUT2D eigenvalue weighted by atomic mass is 10.0. The Hall–Kier alpha value is -3.55. The number of rotatable bonds is 6. The number of hydrogen-bond donors (Lipinski definition) is 1. The third kappa shape index (κ3) is 4.08. The molecule has 0 spiro atoms. The van der Waals surface area contributed by atoms with Crippen molar-refractivity contribution in [3.63, 3.8) is 0 Å². The van der Waals surface area contributed by atoms with Gasteiger partial charge in [-0.25, -0.2) is 0 Å². The minimum absolute atomic E-state index is 0.232. The zero-order valence-electron chi connectivity index (χ0n) is 18.6. The van der Waals surface area contributed by atoms with Crippen LogP contribution in [0.25, 0.3) is 11.3 Å². The van der Waals surface area contributed by atoms with Gasteiger partial charge in [0.15, 0.2) is 5.11 Å². The van der Waals surface area contributed by atoms with Gasteiger partial charge < -0.3 is 24.1 Å². The number of benzene rings is 2. The van der Waals surface area contributed by atoms with Crippen LogP contribution in [0.3, 0.4) is 0 Å². The zero-order valence-corrected chi connectivity index (χ0v) is 20.1. The second-order valence-corrected chi connectivity index (χ2v) is 8.57. The number of nitrogens with one attached hydrogen (secondary N) is 1. The summed E-state index contributed by atoms with van der Waals surface area (Å²) in [5.41, 5.74) is 2.59. The lowest BCUT2D eigenvalue weighted by Gasteiger charge is -2.27. The molecule has 0 saturated carbocycles. The molecule has 4 aromatic rings. The van der Waals surface area contributed by atoms with E-state index in [9.17, 15) is 0 Å². The SMILES string of the molecule is COc1ccc(N2C(=S)N[C@@H](c3ccccn3)[C@H]2c2ccc(-c3ccc(Cl)cc3)o2)c(OC)c1. The van der Waals surface area contributed by atoms with Crippen molar-refractivity contribution in [3.05, 3.63) is 95.5 Å². The summed E-state index contributed by atoms with van der Waals surface area (Å²) in [7, 11) is 3.25. The highest BCUT2D eigenvalue weighted by Gasteiger charge is 2.43. The fraction of sp³-hybridized carbons (Fsp3) is 0.154. The molecule has 1 N–H and O–H groups in total. The van der Waals surface area contributed by atoms with Crippen LogP contribution < -0.4 is 19.7 Å². The van der Waals surface area contributed by atoms with Crippen molar-refractivity contribution < 1.29 is 13.9 Å². The van der Waals surface area contributed by atoms with E-state index >= 15 is 0 Å². The average Bonchev–Trinajstić information content (AvgIpc) is 3.49. The second kappa shape index (κ2) is 9.37. The summed E-state index contributed by atoms with van der Waals surface area (Å²) in [6.45, 7) is 0. The van der Waals surface area contributed by atoms with E-state index in [0.29, 0.717) is 21.6 Å². The summed E-state index contributed by atoms with van der Waals surface area (Å²) >= 11 is 11.9. The molecule has 2 aromatic heterocycles. The summed E-state index contributed by atoms with van der Waals surface area (Å²) < 4.78 is 17.5. The molecule has 2 atom stereocenters. The molecule has 1 aliphatic rings. The lowest BCUT2D eigenvalue weighted by molar-refractivity contribution is 0.392. The zero-order chi connectivity index (χ0) is 23.7. The summed E-state index contributed by atoms with van der Waals surface area (Å²) in [5, 5.41) is 4.66. The van der Waals surface area contributed by atoms with Crippen LogP contribution in [-0.4, -0.2) is 24.3 Å². The van der Waals surface area contributed by atoms with E-state index in [1.165, 1.54) is 0 Å². The van der Waals surface area contributed by atoms with Crippen molar-refractivity contribution in [2.24, 2.45) is 0 Å². The van der Waals surface area contributed by atoms with Gasteiger partial charge >= 0.3 is 0 Å². The van der Waals surface area contributed by atoms with Crippen molar-refractivity contribution >= 4 is 34.6 Å². The summed E-state index contributed by atoms with van der Waals surface area (Å²) in [6.07, 6.45) is 1.77. The minimum Gasteiger partial charge on any atom is -0.497 e. The highest BCUT2D eigenvalue weighted by atomic mass is 35.5. The number of pyridine rings is 1. The molecular formula is C26H22ClN3O3S. The van der Waals surface area contributed by atoms with Crippen LogP contribution in [0, 0.1) is 0 Å². The molecule has 1 aliphatic heterocycles. The van der Waals surface area contributed by atoms with Crippen LogP contribution in [-0.2, 0) is 0 Å². The first-order valence-electron chi connectivity index (χ1n) is 10.7. The molecule has 0 bridgehead atoms. The molecule has 0 aliphatic carbocycles. The number of anilines is 1. The van der Waals surface area contributed by atoms with E-state index in [2.05, 4.69) is 10.3 Å². The van der Waals surface area contributed by atoms with Gasteiger partial charge in [-0.05, 0) is 72.9 Å². The van der Waals surface area contributed by atoms with E-state index in [1.807, 2.05) is 77.7 Å². The Morgan fingerprint density at radius 2 is 1.82 bits per heavy atom. The first kappa shape index (κ1) is 22.3. The molecule has 34 heavy (non-hydrogen) atoms. The molecule has 3 heterocycles. The van der Waals surface area contributed by atoms with Crippen LogP contribution in [0.5, 0.6) is 11.5 Å². The predicted molar refractivity (Wildman–Crippen MR) is 137 cm³/mol. The van der Waals surface area contributed by atoms with Gasteiger partial charge in [0.2, 0.25) is 0 Å². The van der Waals surface area contributed by atoms with Crippen LogP contribution in [0.2, 0.25) is 5.02 Å². The summed E-state index contributed by atoms with van der Waals surface area (Å²) in [6, 6.07) is 22.4. The largest absolute Gasteiger partial charge is 0.497 e. The third-order valence-electron chi connectivity index (χ3n) is 5.79. The molecule has 0 radical (unpaired) electrons. The Morgan fingerprint density at radius 1 is 1.00 bits per heavy atom. The van der Waals surface area contributed by atoms with Crippen LogP contribution in [0.1, 0.15) is 23.5 Å². The number of thiocarbonyl (C=S) groups is 1. The number of hydrogen-bond acceptors (Lipinski definition) is 5. The summed E-state index contributed by atoms with van der Waals surface area (Å²) in [4.78, 5) is 6.60. The topological polar surface area (TPSA) is 59.8 Å². The van der Waals surface area contributed by atoms with Gasteiger partial charge in [-0.15, -0.1) is 0 Å². The van der Waals surface area contributed by atoms with E-state index < -0.39 is 0 Å². The molecule has 5 rings (SSSR count). The highest BCUT2D eigenvalue weighted by Crippen LogP contribution is 2.46. The van der Waals surface area contributed by atoms with Gasteiger partial charge in [0.05, 0.1) is 31.6 Å². The maximum absolute atomic E-state index is 6.39. The maximum atomic E-state index is 6.39. The number of furan rings is 1. The normalized spacial score (nSPS) is 17.5. The first-order valence-corrected chi connectivity index (χ1v) is 11.5. The van der Waals surface area contributed by atoms with E-state index in [1.54, 1.807) is 20.4 Å². The maximum Gasteiger partial charge on any atom is 0.174 e. The number of aromatic nitrogens is 1. The van der Waals surface area contributed by atoms with Crippen LogP contribution >= 0.6 is 23.8 Å². The quantitative estimate of drug-likeness (QED) is 0.323. The number of methoxy groups -OCH3 is 2. The minimum atomic E-state index is -0.300. The Kier molecular flexibility index (Phi) is 6.13. The van der Waals surface area contributed by atoms with Crippen molar-refractivity contribution in [1.82, 2.24) is 10.3 Å². The van der Waals surface area contributed by atoms with Crippen LogP contribution in [0.15, 0.2) is 83.4 Å². The standard InChI is InChI=1S/C26H22ClN3O3S/c1-31-18-10-11-20(23(15-18)32-2)30-25(24(29-26(30)34)19-5-3-4-14-28-19)22-13-12-21(33-22)16-6-8-17(27)9-7-16/h3-15,24-25H,1-2H3,(H,29,34)/t24-,25+/m0/s1. The van der Waals surface area contributed by atoms with E-state index in [4.69, 9.17) is 37.7 Å². The monoisotopic (exact) mass is 491 g/mol. The van der Waals surface area contributed by atoms with E-state index in [0.717, 1.165) is 28.5 Å². The molecule has 0 unspecified atom stereocenters. The molecule has 1 saturated heterocycles.